The highest BCUT2D eigenvalue weighted by molar-refractivity contribution is 7.13. The van der Waals surface area contributed by atoms with Gasteiger partial charge in [-0.15, -0.1) is 11.3 Å². The number of aliphatic hydroxyl groups is 1. The van der Waals surface area contributed by atoms with Gasteiger partial charge in [0.2, 0.25) is 0 Å². The van der Waals surface area contributed by atoms with Crippen molar-refractivity contribution in [3.8, 4) is 0 Å². The minimum absolute atomic E-state index is 0.0000572. The van der Waals surface area contributed by atoms with Crippen molar-refractivity contribution in [1.82, 2.24) is 5.32 Å². The zero-order valence-electron chi connectivity index (χ0n) is 11.8. The second-order valence-electron chi connectivity index (χ2n) is 4.48. The molecule has 0 aliphatic carbocycles. The Morgan fingerprint density at radius 1 is 1.59 bits per heavy atom. The molecule has 22 heavy (non-hydrogen) atoms. The highest BCUT2D eigenvalue weighted by Gasteiger charge is 2.30. The largest absolute Gasteiger partial charge is 0.478 e. The standard InChI is InChI=1S/C13H17BN2O5S/c17-6-8-21-16-12(10-4-3-9-22-10)13(18)15-11-5-1-2-7-20-14(11)19/h1-4,9,11,17,19H,5-8H2,(H,15,18)/b16-12-/t11-/m0/s1. The number of carbonyl (C=O) groups excluding carboxylic acids is 1. The van der Waals surface area contributed by atoms with Gasteiger partial charge in [0.05, 0.1) is 17.4 Å². The fourth-order valence-electron chi connectivity index (χ4n) is 1.83. The Kier molecular flexibility index (Phi) is 6.59. The molecule has 0 aromatic carbocycles. The van der Waals surface area contributed by atoms with Crippen molar-refractivity contribution in [1.29, 1.82) is 0 Å². The van der Waals surface area contributed by atoms with Crippen LogP contribution in [0.25, 0.3) is 0 Å². The number of rotatable bonds is 6. The summed E-state index contributed by atoms with van der Waals surface area (Å²) in [7, 11) is -1.08. The van der Waals surface area contributed by atoms with Gasteiger partial charge in [0, 0.05) is 6.61 Å². The molecular weight excluding hydrogens is 307 g/mol. The molecule has 1 aliphatic heterocycles. The molecule has 9 heteroatoms. The molecule has 0 fully saturated rings. The van der Waals surface area contributed by atoms with E-state index in [4.69, 9.17) is 14.6 Å². The van der Waals surface area contributed by atoms with Crippen LogP contribution < -0.4 is 5.32 Å². The molecule has 1 aliphatic rings. The summed E-state index contributed by atoms with van der Waals surface area (Å²) in [6.07, 6.45) is 4.08. The van der Waals surface area contributed by atoms with E-state index >= 15 is 0 Å². The van der Waals surface area contributed by atoms with E-state index in [-0.39, 0.29) is 18.9 Å². The monoisotopic (exact) mass is 324 g/mol. The molecule has 1 aromatic heterocycles. The number of carbonyl (C=O) groups is 1. The Morgan fingerprint density at radius 3 is 3.18 bits per heavy atom. The minimum Gasteiger partial charge on any atom is -0.426 e. The van der Waals surface area contributed by atoms with Crippen LogP contribution in [0.15, 0.2) is 34.8 Å². The number of nitrogens with one attached hydrogen (secondary N) is 1. The number of hydrogen-bond acceptors (Lipinski definition) is 7. The maximum absolute atomic E-state index is 12.4. The number of thiophene rings is 1. The Labute approximate surface area is 132 Å². The summed E-state index contributed by atoms with van der Waals surface area (Å²) in [5.41, 5.74) is 0.101. The number of aliphatic hydroxyl groups excluding tert-OH is 1. The smallest absolute Gasteiger partial charge is 0.426 e. The first-order valence-corrected chi connectivity index (χ1v) is 7.70. The van der Waals surface area contributed by atoms with Gasteiger partial charge in [-0.3, -0.25) is 4.79 Å². The van der Waals surface area contributed by atoms with Crippen LogP contribution in [-0.4, -0.2) is 54.6 Å². The SMILES string of the molecule is O=C(N[C@H]1CC=CCOB1O)/C(=N\OCCO)c1cccs1. The van der Waals surface area contributed by atoms with Crippen molar-refractivity contribution in [3.63, 3.8) is 0 Å². The summed E-state index contributed by atoms with van der Waals surface area (Å²) >= 11 is 1.34. The second-order valence-corrected chi connectivity index (χ2v) is 5.43. The van der Waals surface area contributed by atoms with E-state index in [1.54, 1.807) is 18.2 Å². The Balaban J connectivity index is 2.08. The van der Waals surface area contributed by atoms with Gasteiger partial charge in [0.1, 0.15) is 6.61 Å². The molecular formula is C13H17BN2O5S. The molecule has 0 spiro atoms. The van der Waals surface area contributed by atoms with Gasteiger partial charge in [-0.1, -0.05) is 23.4 Å². The average Bonchev–Trinajstić information content (AvgIpc) is 2.96. The van der Waals surface area contributed by atoms with E-state index in [1.165, 1.54) is 11.3 Å². The van der Waals surface area contributed by atoms with Crippen molar-refractivity contribution >= 4 is 30.1 Å². The summed E-state index contributed by atoms with van der Waals surface area (Å²) < 4.78 is 5.14. The number of oxime groups is 1. The number of nitrogens with zero attached hydrogens (tertiary/aromatic N) is 1. The third-order valence-electron chi connectivity index (χ3n) is 2.89. The van der Waals surface area contributed by atoms with Crippen LogP contribution in [0.1, 0.15) is 11.3 Å². The molecule has 1 amide bonds. The van der Waals surface area contributed by atoms with Gasteiger partial charge in [0.25, 0.3) is 5.91 Å². The van der Waals surface area contributed by atoms with Crippen LogP contribution in [0, 0.1) is 0 Å². The fourth-order valence-corrected chi connectivity index (χ4v) is 2.53. The maximum Gasteiger partial charge on any atom is 0.478 e. The molecule has 118 valence electrons. The molecule has 1 aromatic rings. The first-order chi connectivity index (χ1) is 10.7. The molecule has 3 N–H and O–H groups in total. The predicted molar refractivity (Wildman–Crippen MR) is 83.5 cm³/mol. The third-order valence-corrected chi connectivity index (χ3v) is 3.77. The van der Waals surface area contributed by atoms with E-state index in [1.807, 2.05) is 11.5 Å². The van der Waals surface area contributed by atoms with E-state index in [2.05, 4.69) is 10.5 Å². The lowest BCUT2D eigenvalue weighted by atomic mass is 9.77. The molecule has 2 heterocycles. The number of amides is 1. The lowest BCUT2D eigenvalue weighted by Crippen LogP contribution is -2.49. The third kappa shape index (κ3) is 4.67. The molecule has 1 atom stereocenters. The van der Waals surface area contributed by atoms with Gasteiger partial charge >= 0.3 is 7.12 Å². The summed E-state index contributed by atoms with van der Waals surface area (Å²) in [6, 6.07) is 3.53. The molecule has 2 rings (SSSR count). The number of hydrogen-bond donors (Lipinski definition) is 3. The molecule has 7 nitrogen and oxygen atoms in total. The van der Waals surface area contributed by atoms with E-state index < -0.39 is 19.0 Å². The van der Waals surface area contributed by atoms with Crippen molar-refractivity contribution in [2.45, 2.75) is 12.4 Å². The Bertz CT molecular complexity index is 535. The highest BCUT2D eigenvalue weighted by Crippen LogP contribution is 2.12. The zero-order chi connectivity index (χ0) is 15.8. The molecule has 0 saturated carbocycles. The summed E-state index contributed by atoms with van der Waals surface area (Å²) in [4.78, 5) is 17.9. The van der Waals surface area contributed by atoms with Crippen LogP contribution in [0.4, 0.5) is 0 Å². The van der Waals surface area contributed by atoms with Crippen molar-refractivity contribution < 1.29 is 24.4 Å². The van der Waals surface area contributed by atoms with Gasteiger partial charge < -0.3 is 24.9 Å². The van der Waals surface area contributed by atoms with Crippen molar-refractivity contribution in [3.05, 3.63) is 34.5 Å². The van der Waals surface area contributed by atoms with Crippen molar-refractivity contribution in [2.24, 2.45) is 5.16 Å². The van der Waals surface area contributed by atoms with Crippen LogP contribution in [0.5, 0.6) is 0 Å². The van der Waals surface area contributed by atoms with Crippen LogP contribution in [0.2, 0.25) is 0 Å². The Morgan fingerprint density at radius 2 is 2.45 bits per heavy atom. The van der Waals surface area contributed by atoms with Crippen LogP contribution >= 0.6 is 11.3 Å². The van der Waals surface area contributed by atoms with Crippen molar-refractivity contribution in [2.75, 3.05) is 19.8 Å². The molecule has 0 bridgehead atoms. The van der Waals surface area contributed by atoms with Crippen LogP contribution in [0.3, 0.4) is 0 Å². The topological polar surface area (TPSA) is 100 Å². The van der Waals surface area contributed by atoms with Gasteiger partial charge in [-0.05, 0) is 17.9 Å². The normalized spacial score (nSPS) is 18.9. The van der Waals surface area contributed by atoms with Gasteiger partial charge in [-0.2, -0.15) is 0 Å². The second kappa shape index (κ2) is 8.69. The average molecular weight is 324 g/mol. The summed E-state index contributed by atoms with van der Waals surface area (Å²) in [5, 5.41) is 26.9. The Hall–Kier alpha value is -1.68. The van der Waals surface area contributed by atoms with Gasteiger partial charge in [0.15, 0.2) is 5.71 Å². The quantitative estimate of drug-likeness (QED) is 0.224. The minimum atomic E-state index is -1.08. The first kappa shape index (κ1) is 16.7. The zero-order valence-corrected chi connectivity index (χ0v) is 12.7. The van der Waals surface area contributed by atoms with E-state index in [0.29, 0.717) is 17.9 Å². The summed E-state index contributed by atoms with van der Waals surface area (Å²) in [5.74, 6) is -1.03. The fraction of sp³-hybridized carbons (Fsp3) is 0.385. The lowest BCUT2D eigenvalue weighted by molar-refractivity contribution is -0.115. The molecule has 0 saturated heterocycles. The van der Waals surface area contributed by atoms with E-state index in [0.717, 1.165) is 0 Å². The molecule has 0 radical (unpaired) electrons. The van der Waals surface area contributed by atoms with E-state index in [9.17, 15) is 9.82 Å². The lowest BCUT2D eigenvalue weighted by Gasteiger charge is -2.17. The first-order valence-electron chi connectivity index (χ1n) is 6.82. The maximum atomic E-state index is 12.4. The highest BCUT2D eigenvalue weighted by atomic mass is 32.1. The van der Waals surface area contributed by atoms with Gasteiger partial charge in [-0.25, -0.2) is 0 Å². The predicted octanol–water partition coefficient (Wildman–Crippen LogP) is -0.0579. The summed E-state index contributed by atoms with van der Waals surface area (Å²) in [6.45, 7) is 0.113. The van der Waals surface area contributed by atoms with Crippen LogP contribution in [-0.2, 0) is 14.3 Å². The molecule has 0 unspecified atom stereocenters.